The van der Waals surface area contributed by atoms with Crippen LogP contribution < -0.4 is 16.4 Å². The molecule has 1 aliphatic heterocycles. The number of urea groups is 1. The molecule has 0 atom stereocenters. The van der Waals surface area contributed by atoms with Crippen molar-refractivity contribution in [2.24, 2.45) is 5.73 Å². The summed E-state index contributed by atoms with van der Waals surface area (Å²) in [5.74, 6) is -0.0304. The second kappa shape index (κ2) is 8.49. The van der Waals surface area contributed by atoms with E-state index in [2.05, 4.69) is 10.6 Å². The standard InChI is InChI=1S/C14H20N4O2.ClH/c15-10-13(19)18-8-6-12(7-9-18)17-14(20)16-11-4-2-1-3-5-11;/h1-5,12H,6-10,15H2,(H2,16,17,20);1H. The Hall–Kier alpha value is -1.79. The maximum Gasteiger partial charge on any atom is 0.319 e. The molecule has 7 heteroatoms. The molecule has 0 radical (unpaired) electrons. The number of amides is 3. The second-order valence-corrected chi connectivity index (χ2v) is 4.82. The number of halogens is 1. The number of carbonyl (C=O) groups is 2. The Balaban J connectivity index is 0.00000220. The minimum absolute atomic E-state index is 0. The smallest absolute Gasteiger partial charge is 0.319 e. The van der Waals surface area contributed by atoms with Crippen molar-refractivity contribution in [3.63, 3.8) is 0 Å². The van der Waals surface area contributed by atoms with Gasteiger partial charge in [-0.1, -0.05) is 18.2 Å². The number of rotatable bonds is 3. The number of hydrogen-bond donors (Lipinski definition) is 3. The Morgan fingerprint density at radius 1 is 1.19 bits per heavy atom. The van der Waals surface area contributed by atoms with Crippen LogP contribution in [0.4, 0.5) is 10.5 Å². The summed E-state index contributed by atoms with van der Waals surface area (Å²) in [7, 11) is 0. The van der Waals surface area contributed by atoms with Gasteiger partial charge in [-0.3, -0.25) is 4.79 Å². The highest BCUT2D eigenvalue weighted by atomic mass is 35.5. The van der Waals surface area contributed by atoms with Crippen LogP contribution in [0.5, 0.6) is 0 Å². The van der Waals surface area contributed by atoms with E-state index in [0.29, 0.717) is 13.1 Å². The molecule has 116 valence electrons. The van der Waals surface area contributed by atoms with E-state index < -0.39 is 0 Å². The van der Waals surface area contributed by atoms with E-state index in [1.54, 1.807) is 4.90 Å². The number of nitrogens with zero attached hydrogens (tertiary/aromatic N) is 1. The fraction of sp³-hybridized carbons (Fsp3) is 0.429. The van der Waals surface area contributed by atoms with Crippen LogP contribution in [0.3, 0.4) is 0 Å². The Morgan fingerprint density at radius 2 is 1.81 bits per heavy atom. The molecule has 1 aliphatic rings. The number of benzene rings is 1. The normalized spacial score (nSPS) is 15.0. The van der Waals surface area contributed by atoms with Gasteiger partial charge in [0, 0.05) is 24.8 Å². The average molecular weight is 313 g/mol. The van der Waals surface area contributed by atoms with Crippen LogP contribution >= 0.6 is 12.4 Å². The maximum absolute atomic E-state index is 11.8. The summed E-state index contributed by atoms with van der Waals surface area (Å²) in [6, 6.07) is 9.19. The molecule has 0 spiro atoms. The Morgan fingerprint density at radius 3 is 2.38 bits per heavy atom. The Bertz CT molecular complexity index is 461. The van der Waals surface area contributed by atoms with Gasteiger partial charge in [-0.05, 0) is 25.0 Å². The van der Waals surface area contributed by atoms with Crippen LogP contribution in [-0.2, 0) is 4.79 Å². The van der Waals surface area contributed by atoms with Crippen LogP contribution in [0.2, 0.25) is 0 Å². The molecular weight excluding hydrogens is 292 g/mol. The monoisotopic (exact) mass is 312 g/mol. The Kier molecular flexibility index (Phi) is 6.98. The highest BCUT2D eigenvalue weighted by Crippen LogP contribution is 2.11. The molecule has 1 aromatic carbocycles. The first-order valence-electron chi connectivity index (χ1n) is 6.79. The SMILES string of the molecule is Cl.NCC(=O)N1CCC(NC(=O)Nc2ccccc2)CC1. The van der Waals surface area contributed by atoms with Crippen molar-refractivity contribution >= 4 is 30.0 Å². The van der Waals surface area contributed by atoms with E-state index in [1.165, 1.54) is 0 Å². The number of nitrogens with one attached hydrogen (secondary N) is 2. The van der Waals surface area contributed by atoms with Crippen molar-refractivity contribution in [1.82, 2.24) is 10.2 Å². The first kappa shape index (κ1) is 17.3. The van der Waals surface area contributed by atoms with Crippen molar-refractivity contribution in [3.8, 4) is 0 Å². The summed E-state index contributed by atoms with van der Waals surface area (Å²) in [6.07, 6.45) is 1.52. The third kappa shape index (κ3) is 5.24. The molecule has 21 heavy (non-hydrogen) atoms. The topological polar surface area (TPSA) is 87.5 Å². The number of anilines is 1. The van der Waals surface area contributed by atoms with Crippen molar-refractivity contribution in [3.05, 3.63) is 30.3 Å². The molecule has 1 heterocycles. The van der Waals surface area contributed by atoms with E-state index in [1.807, 2.05) is 30.3 Å². The number of para-hydroxylation sites is 1. The van der Waals surface area contributed by atoms with Gasteiger partial charge < -0.3 is 21.3 Å². The Labute approximate surface area is 130 Å². The lowest BCUT2D eigenvalue weighted by Gasteiger charge is -2.32. The van der Waals surface area contributed by atoms with Crippen LogP contribution in [0, 0.1) is 0 Å². The molecule has 3 amide bonds. The number of nitrogens with two attached hydrogens (primary N) is 1. The van der Waals surface area contributed by atoms with Gasteiger partial charge in [0.25, 0.3) is 0 Å². The molecule has 2 rings (SSSR count). The zero-order chi connectivity index (χ0) is 14.4. The van der Waals surface area contributed by atoms with Crippen molar-refractivity contribution < 1.29 is 9.59 Å². The molecular formula is C14H21ClN4O2. The highest BCUT2D eigenvalue weighted by molar-refractivity contribution is 5.89. The summed E-state index contributed by atoms with van der Waals surface area (Å²) in [5.41, 5.74) is 6.10. The van der Waals surface area contributed by atoms with E-state index >= 15 is 0 Å². The molecule has 0 aromatic heterocycles. The first-order chi connectivity index (χ1) is 9.69. The lowest BCUT2D eigenvalue weighted by molar-refractivity contribution is -0.130. The molecule has 0 aliphatic carbocycles. The van der Waals surface area contributed by atoms with Crippen LogP contribution in [-0.4, -0.2) is 42.5 Å². The summed E-state index contributed by atoms with van der Waals surface area (Å²) < 4.78 is 0. The van der Waals surface area contributed by atoms with Gasteiger partial charge in [0.15, 0.2) is 0 Å². The first-order valence-corrected chi connectivity index (χ1v) is 6.79. The predicted octanol–water partition coefficient (Wildman–Crippen LogP) is 1.18. The molecule has 1 saturated heterocycles. The number of carbonyl (C=O) groups excluding carboxylic acids is 2. The van der Waals surface area contributed by atoms with Gasteiger partial charge in [0.1, 0.15) is 0 Å². The van der Waals surface area contributed by atoms with E-state index in [9.17, 15) is 9.59 Å². The van der Waals surface area contributed by atoms with Gasteiger partial charge in [-0.15, -0.1) is 12.4 Å². The average Bonchev–Trinajstić information content (AvgIpc) is 2.48. The number of hydrogen-bond acceptors (Lipinski definition) is 3. The molecule has 0 unspecified atom stereocenters. The van der Waals surface area contributed by atoms with Crippen LogP contribution in [0.1, 0.15) is 12.8 Å². The summed E-state index contributed by atoms with van der Waals surface area (Å²) >= 11 is 0. The zero-order valence-corrected chi connectivity index (χ0v) is 12.6. The van der Waals surface area contributed by atoms with Gasteiger partial charge in [-0.25, -0.2) is 4.79 Å². The number of piperidine rings is 1. The minimum atomic E-state index is -0.209. The van der Waals surface area contributed by atoms with Gasteiger partial charge in [0.05, 0.1) is 6.54 Å². The van der Waals surface area contributed by atoms with Gasteiger partial charge in [0.2, 0.25) is 5.91 Å². The van der Waals surface area contributed by atoms with E-state index in [4.69, 9.17) is 5.73 Å². The fourth-order valence-electron chi connectivity index (χ4n) is 2.28. The van der Waals surface area contributed by atoms with E-state index in [-0.39, 0.29) is 36.9 Å². The van der Waals surface area contributed by atoms with Crippen LogP contribution in [0.15, 0.2) is 30.3 Å². The largest absolute Gasteiger partial charge is 0.341 e. The lowest BCUT2D eigenvalue weighted by Crippen LogP contribution is -2.48. The summed E-state index contributed by atoms with van der Waals surface area (Å²) in [5, 5.41) is 5.71. The summed E-state index contributed by atoms with van der Waals surface area (Å²) in [6.45, 7) is 1.34. The lowest BCUT2D eigenvalue weighted by atomic mass is 10.1. The zero-order valence-electron chi connectivity index (χ0n) is 11.7. The van der Waals surface area contributed by atoms with Crippen LogP contribution in [0.25, 0.3) is 0 Å². The fourth-order valence-corrected chi connectivity index (χ4v) is 2.28. The predicted molar refractivity (Wildman–Crippen MR) is 84.5 cm³/mol. The highest BCUT2D eigenvalue weighted by Gasteiger charge is 2.22. The second-order valence-electron chi connectivity index (χ2n) is 4.82. The molecule has 1 aromatic rings. The molecule has 6 nitrogen and oxygen atoms in total. The third-order valence-electron chi connectivity index (χ3n) is 3.39. The van der Waals surface area contributed by atoms with Crippen molar-refractivity contribution in [2.45, 2.75) is 18.9 Å². The molecule has 1 fully saturated rings. The quantitative estimate of drug-likeness (QED) is 0.783. The number of likely N-dealkylation sites (tertiary alicyclic amines) is 1. The third-order valence-corrected chi connectivity index (χ3v) is 3.39. The molecule has 0 bridgehead atoms. The van der Waals surface area contributed by atoms with E-state index in [0.717, 1.165) is 18.5 Å². The van der Waals surface area contributed by atoms with Gasteiger partial charge in [-0.2, -0.15) is 0 Å². The molecule has 0 saturated carbocycles. The van der Waals surface area contributed by atoms with Crippen molar-refractivity contribution in [1.29, 1.82) is 0 Å². The molecule has 4 N–H and O–H groups in total. The van der Waals surface area contributed by atoms with Crippen molar-refractivity contribution in [2.75, 3.05) is 25.0 Å². The van der Waals surface area contributed by atoms with Gasteiger partial charge >= 0.3 is 6.03 Å². The summed E-state index contributed by atoms with van der Waals surface area (Å²) in [4.78, 5) is 25.0. The minimum Gasteiger partial charge on any atom is -0.341 e. The maximum atomic E-state index is 11.8.